The van der Waals surface area contributed by atoms with Gasteiger partial charge in [0.2, 0.25) is 0 Å². The number of anilines is 1. The Labute approximate surface area is 111 Å². The quantitative estimate of drug-likeness (QED) is 0.860. The largest absolute Gasteiger partial charge is 0.453 e. The lowest BCUT2D eigenvalue weighted by molar-refractivity contribution is -0.150. The van der Waals surface area contributed by atoms with Gasteiger partial charge in [0.1, 0.15) is 0 Å². The minimum absolute atomic E-state index is 0.342. The van der Waals surface area contributed by atoms with E-state index in [1.165, 1.54) is 13.8 Å². The lowest BCUT2D eigenvalue weighted by Gasteiger charge is -2.12. The Morgan fingerprint density at radius 1 is 1.11 bits per heavy atom. The van der Waals surface area contributed by atoms with Crippen LogP contribution in [0.1, 0.15) is 13.8 Å². The monoisotopic (exact) mass is 257 g/mol. The van der Waals surface area contributed by atoms with Crippen molar-refractivity contribution in [2.75, 3.05) is 5.32 Å². The second-order valence-corrected chi connectivity index (χ2v) is 4.30. The van der Waals surface area contributed by atoms with E-state index in [-0.39, 0.29) is 5.91 Å². The minimum Gasteiger partial charge on any atom is -0.453 e. The maximum absolute atomic E-state index is 11.8. The Kier molecular flexibility index (Phi) is 3.80. The first kappa shape index (κ1) is 13.1. The first-order valence-electron chi connectivity index (χ1n) is 6.03. The fourth-order valence-corrected chi connectivity index (χ4v) is 1.81. The van der Waals surface area contributed by atoms with Crippen molar-refractivity contribution in [1.29, 1.82) is 0 Å². The molecule has 1 N–H and O–H groups in total. The standard InChI is InChI=1S/C15H15NO3/c1-10(19-11(2)17)15(18)16-14-8-7-12-5-3-4-6-13(12)9-14/h3-10H,1-2H3,(H,16,18)/t10-/m1/s1. The summed E-state index contributed by atoms with van der Waals surface area (Å²) in [5.41, 5.74) is 0.683. The second-order valence-electron chi connectivity index (χ2n) is 4.30. The zero-order chi connectivity index (χ0) is 13.8. The third-order valence-corrected chi connectivity index (χ3v) is 2.73. The average molecular weight is 257 g/mol. The van der Waals surface area contributed by atoms with E-state index < -0.39 is 12.1 Å². The summed E-state index contributed by atoms with van der Waals surface area (Å²) in [6, 6.07) is 13.5. The van der Waals surface area contributed by atoms with Crippen molar-refractivity contribution in [3.8, 4) is 0 Å². The Hall–Kier alpha value is -2.36. The van der Waals surface area contributed by atoms with Gasteiger partial charge in [-0.1, -0.05) is 30.3 Å². The lowest BCUT2D eigenvalue weighted by Crippen LogP contribution is -2.29. The van der Waals surface area contributed by atoms with Gasteiger partial charge >= 0.3 is 5.97 Å². The molecule has 4 heteroatoms. The van der Waals surface area contributed by atoms with E-state index in [0.29, 0.717) is 5.69 Å². The first-order valence-corrected chi connectivity index (χ1v) is 6.03. The molecular formula is C15H15NO3. The summed E-state index contributed by atoms with van der Waals surface area (Å²) in [5.74, 6) is -0.813. The van der Waals surface area contributed by atoms with Gasteiger partial charge in [-0.15, -0.1) is 0 Å². The number of carbonyl (C=O) groups excluding carboxylic acids is 2. The van der Waals surface area contributed by atoms with Crippen LogP contribution in [-0.4, -0.2) is 18.0 Å². The van der Waals surface area contributed by atoms with Gasteiger partial charge in [0.25, 0.3) is 5.91 Å². The highest BCUT2D eigenvalue weighted by Gasteiger charge is 2.15. The molecular weight excluding hydrogens is 242 g/mol. The number of esters is 1. The van der Waals surface area contributed by atoms with Crippen LogP contribution in [0.4, 0.5) is 5.69 Å². The predicted molar refractivity (Wildman–Crippen MR) is 73.8 cm³/mol. The van der Waals surface area contributed by atoms with Crippen molar-refractivity contribution in [2.24, 2.45) is 0 Å². The van der Waals surface area contributed by atoms with Crippen LogP contribution in [0.5, 0.6) is 0 Å². The number of benzene rings is 2. The van der Waals surface area contributed by atoms with Gasteiger partial charge in [0.15, 0.2) is 6.10 Å². The van der Waals surface area contributed by atoms with E-state index in [2.05, 4.69) is 5.32 Å². The lowest BCUT2D eigenvalue weighted by atomic mass is 10.1. The summed E-state index contributed by atoms with van der Waals surface area (Å²) >= 11 is 0. The van der Waals surface area contributed by atoms with Crippen molar-refractivity contribution >= 4 is 28.3 Å². The Morgan fingerprint density at radius 3 is 2.47 bits per heavy atom. The molecule has 1 atom stereocenters. The minimum atomic E-state index is -0.802. The molecule has 2 rings (SSSR count). The van der Waals surface area contributed by atoms with Crippen LogP contribution in [0.25, 0.3) is 10.8 Å². The van der Waals surface area contributed by atoms with E-state index in [1.54, 1.807) is 0 Å². The Morgan fingerprint density at radius 2 is 1.79 bits per heavy atom. The molecule has 0 saturated heterocycles. The van der Waals surface area contributed by atoms with Crippen LogP contribution in [0.15, 0.2) is 42.5 Å². The molecule has 4 nitrogen and oxygen atoms in total. The van der Waals surface area contributed by atoms with Crippen LogP contribution in [0, 0.1) is 0 Å². The van der Waals surface area contributed by atoms with Gasteiger partial charge in [-0.05, 0) is 29.8 Å². The van der Waals surface area contributed by atoms with Gasteiger partial charge in [0.05, 0.1) is 0 Å². The van der Waals surface area contributed by atoms with Gasteiger partial charge < -0.3 is 10.1 Å². The van der Waals surface area contributed by atoms with E-state index in [1.807, 2.05) is 42.5 Å². The van der Waals surface area contributed by atoms with E-state index in [0.717, 1.165) is 10.8 Å². The van der Waals surface area contributed by atoms with E-state index >= 15 is 0 Å². The van der Waals surface area contributed by atoms with Crippen LogP contribution in [0.3, 0.4) is 0 Å². The summed E-state index contributed by atoms with van der Waals surface area (Å²) in [6.07, 6.45) is -0.802. The molecule has 0 bridgehead atoms. The summed E-state index contributed by atoms with van der Waals surface area (Å²) in [7, 11) is 0. The molecule has 2 aromatic carbocycles. The molecule has 0 aromatic heterocycles. The molecule has 0 fully saturated rings. The van der Waals surface area contributed by atoms with Crippen molar-refractivity contribution in [3.63, 3.8) is 0 Å². The summed E-state index contributed by atoms with van der Waals surface area (Å²) in [4.78, 5) is 22.6. The second kappa shape index (κ2) is 5.52. The fourth-order valence-electron chi connectivity index (χ4n) is 1.81. The highest BCUT2D eigenvalue weighted by atomic mass is 16.5. The maximum atomic E-state index is 11.8. The van der Waals surface area contributed by atoms with Crippen molar-refractivity contribution < 1.29 is 14.3 Å². The molecule has 0 radical (unpaired) electrons. The van der Waals surface area contributed by atoms with Crippen molar-refractivity contribution in [3.05, 3.63) is 42.5 Å². The molecule has 0 aliphatic carbocycles. The number of rotatable bonds is 3. The normalized spacial score (nSPS) is 11.9. The van der Waals surface area contributed by atoms with Crippen LogP contribution >= 0.6 is 0 Å². The molecule has 2 aromatic rings. The number of ether oxygens (including phenoxy) is 1. The molecule has 0 heterocycles. The smallest absolute Gasteiger partial charge is 0.303 e. The van der Waals surface area contributed by atoms with Crippen molar-refractivity contribution in [2.45, 2.75) is 20.0 Å². The van der Waals surface area contributed by atoms with Gasteiger partial charge in [-0.3, -0.25) is 9.59 Å². The maximum Gasteiger partial charge on any atom is 0.303 e. The number of nitrogens with one attached hydrogen (secondary N) is 1. The van der Waals surface area contributed by atoms with Gasteiger partial charge in [0, 0.05) is 12.6 Å². The van der Waals surface area contributed by atoms with Gasteiger partial charge in [-0.2, -0.15) is 0 Å². The first-order chi connectivity index (χ1) is 9.06. The number of fused-ring (bicyclic) bond motifs is 1. The number of hydrogen-bond donors (Lipinski definition) is 1. The number of carbonyl (C=O) groups is 2. The molecule has 1 amide bonds. The predicted octanol–water partition coefficient (Wildman–Crippen LogP) is 2.73. The zero-order valence-corrected chi connectivity index (χ0v) is 10.8. The fraction of sp³-hybridized carbons (Fsp3) is 0.200. The SMILES string of the molecule is CC(=O)O[C@H](C)C(=O)Nc1ccc2ccccc2c1. The summed E-state index contributed by atoms with van der Waals surface area (Å²) < 4.78 is 4.82. The Balaban J connectivity index is 2.12. The zero-order valence-electron chi connectivity index (χ0n) is 10.8. The van der Waals surface area contributed by atoms with Crippen LogP contribution < -0.4 is 5.32 Å². The molecule has 0 aliphatic heterocycles. The highest BCUT2D eigenvalue weighted by Crippen LogP contribution is 2.19. The third kappa shape index (κ3) is 3.31. The average Bonchev–Trinajstić information content (AvgIpc) is 2.37. The van der Waals surface area contributed by atoms with E-state index in [9.17, 15) is 9.59 Å². The molecule has 0 aliphatic rings. The molecule has 98 valence electrons. The number of amides is 1. The summed E-state index contributed by atoms with van der Waals surface area (Å²) in [6.45, 7) is 2.82. The summed E-state index contributed by atoms with van der Waals surface area (Å²) in [5, 5.41) is 4.87. The number of hydrogen-bond acceptors (Lipinski definition) is 3. The van der Waals surface area contributed by atoms with Gasteiger partial charge in [-0.25, -0.2) is 0 Å². The van der Waals surface area contributed by atoms with Crippen LogP contribution in [-0.2, 0) is 14.3 Å². The molecule has 0 spiro atoms. The highest BCUT2D eigenvalue weighted by molar-refractivity contribution is 5.97. The third-order valence-electron chi connectivity index (χ3n) is 2.73. The molecule has 0 unspecified atom stereocenters. The topological polar surface area (TPSA) is 55.4 Å². The Bertz CT molecular complexity index is 622. The van der Waals surface area contributed by atoms with Crippen LogP contribution in [0.2, 0.25) is 0 Å². The van der Waals surface area contributed by atoms with Crippen molar-refractivity contribution in [1.82, 2.24) is 0 Å². The van der Waals surface area contributed by atoms with E-state index in [4.69, 9.17) is 4.74 Å². The molecule has 19 heavy (non-hydrogen) atoms. The molecule has 0 saturated carbocycles.